The number of hydrogen-bond acceptors (Lipinski definition) is 5. The summed E-state index contributed by atoms with van der Waals surface area (Å²) in [7, 11) is 1.74. The van der Waals surface area contributed by atoms with E-state index in [1.165, 1.54) is 24.3 Å². The summed E-state index contributed by atoms with van der Waals surface area (Å²) in [6, 6.07) is 3.38. The van der Waals surface area contributed by atoms with Crippen molar-refractivity contribution < 1.29 is 9.90 Å². The molecule has 1 N–H and O–H groups in total. The van der Waals surface area contributed by atoms with Gasteiger partial charge in [-0.1, -0.05) is 0 Å². The van der Waals surface area contributed by atoms with E-state index < -0.39 is 5.97 Å². The summed E-state index contributed by atoms with van der Waals surface area (Å²) in [6.07, 6.45) is 2.86. The molecule has 6 nitrogen and oxygen atoms in total. The Labute approximate surface area is 95.3 Å². The third-order valence-corrected chi connectivity index (χ3v) is 2.95. The Kier molecular flexibility index (Phi) is 2.86. The van der Waals surface area contributed by atoms with Gasteiger partial charge in [-0.05, 0) is 23.9 Å². The van der Waals surface area contributed by atoms with Gasteiger partial charge in [0.2, 0.25) is 0 Å². The Morgan fingerprint density at radius 3 is 2.94 bits per heavy atom. The molecule has 0 aromatic carbocycles. The molecule has 2 aromatic heterocycles. The molecule has 0 saturated heterocycles. The number of aromatic carboxylic acids is 1. The van der Waals surface area contributed by atoms with Crippen LogP contribution in [0.2, 0.25) is 0 Å². The van der Waals surface area contributed by atoms with Crippen LogP contribution in [-0.4, -0.2) is 30.8 Å². The van der Waals surface area contributed by atoms with E-state index in [2.05, 4.69) is 15.1 Å². The van der Waals surface area contributed by atoms with Crippen LogP contribution in [0.15, 0.2) is 34.7 Å². The van der Waals surface area contributed by atoms with Crippen LogP contribution in [0.4, 0.5) is 0 Å². The minimum absolute atomic E-state index is 0.0236. The summed E-state index contributed by atoms with van der Waals surface area (Å²) in [4.78, 5) is 19.3. The second-order valence-corrected chi connectivity index (χ2v) is 3.93. The van der Waals surface area contributed by atoms with Gasteiger partial charge in [0.05, 0.1) is 0 Å². The fourth-order valence-corrected chi connectivity index (χ4v) is 1.97. The average Bonchev–Trinajstić information content (AvgIpc) is 2.65. The summed E-state index contributed by atoms with van der Waals surface area (Å²) in [5.41, 5.74) is 0.0236. The number of aromatic nitrogens is 4. The number of pyridine rings is 1. The molecule has 2 rings (SSSR count). The summed E-state index contributed by atoms with van der Waals surface area (Å²) in [5, 5.41) is 13.5. The molecule has 0 aliphatic carbocycles. The Balaban J connectivity index is 2.35. The van der Waals surface area contributed by atoms with Crippen LogP contribution < -0.4 is 0 Å². The van der Waals surface area contributed by atoms with Crippen LogP contribution in [0.1, 0.15) is 10.5 Å². The fourth-order valence-electron chi connectivity index (χ4n) is 1.11. The van der Waals surface area contributed by atoms with E-state index in [4.69, 9.17) is 5.11 Å². The van der Waals surface area contributed by atoms with Crippen molar-refractivity contribution in [2.45, 2.75) is 10.1 Å². The van der Waals surface area contributed by atoms with Crippen LogP contribution in [0.5, 0.6) is 0 Å². The molecule has 2 heterocycles. The lowest BCUT2D eigenvalue weighted by atomic mass is 10.3. The topological polar surface area (TPSA) is 80.9 Å². The molecule has 7 heteroatoms. The van der Waals surface area contributed by atoms with Gasteiger partial charge in [0.25, 0.3) is 0 Å². The SMILES string of the molecule is Cn1ncnc1Sc1cccnc1C(=O)O. The molecule has 0 radical (unpaired) electrons. The lowest BCUT2D eigenvalue weighted by Crippen LogP contribution is -2.02. The van der Waals surface area contributed by atoms with Crippen LogP contribution in [0, 0.1) is 0 Å². The molecule has 0 spiro atoms. The van der Waals surface area contributed by atoms with Gasteiger partial charge in [-0.2, -0.15) is 5.10 Å². The van der Waals surface area contributed by atoms with Crippen molar-refractivity contribution in [2.75, 3.05) is 0 Å². The van der Waals surface area contributed by atoms with Crippen LogP contribution in [0.3, 0.4) is 0 Å². The van der Waals surface area contributed by atoms with Crippen molar-refractivity contribution in [2.24, 2.45) is 7.05 Å². The molecule has 0 unspecified atom stereocenters. The fraction of sp³-hybridized carbons (Fsp3) is 0.111. The molecule has 2 aromatic rings. The van der Waals surface area contributed by atoms with E-state index in [1.54, 1.807) is 23.9 Å². The van der Waals surface area contributed by atoms with Gasteiger partial charge < -0.3 is 5.11 Å². The third kappa shape index (κ3) is 2.03. The average molecular weight is 236 g/mol. The highest BCUT2D eigenvalue weighted by atomic mass is 32.2. The van der Waals surface area contributed by atoms with Gasteiger partial charge >= 0.3 is 5.97 Å². The van der Waals surface area contributed by atoms with Crippen molar-refractivity contribution in [3.8, 4) is 0 Å². The van der Waals surface area contributed by atoms with E-state index >= 15 is 0 Å². The lowest BCUT2D eigenvalue weighted by Gasteiger charge is -2.02. The van der Waals surface area contributed by atoms with Crippen molar-refractivity contribution >= 4 is 17.7 Å². The van der Waals surface area contributed by atoms with Crippen molar-refractivity contribution in [3.63, 3.8) is 0 Å². The largest absolute Gasteiger partial charge is 0.476 e. The first kappa shape index (κ1) is 10.6. The predicted octanol–water partition coefficient (Wildman–Crippen LogP) is 1.06. The molecule has 0 saturated carbocycles. The molecule has 0 aliphatic heterocycles. The van der Waals surface area contributed by atoms with Gasteiger partial charge in [-0.15, -0.1) is 0 Å². The lowest BCUT2D eigenvalue weighted by molar-refractivity contribution is 0.0686. The molecule has 16 heavy (non-hydrogen) atoms. The van der Waals surface area contributed by atoms with Crippen molar-refractivity contribution in [1.29, 1.82) is 0 Å². The molecule has 0 atom stereocenters. The maximum atomic E-state index is 10.9. The van der Waals surface area contributed by atoms with Gasteiger partial charge in [0.1, 0.15) is 6.33 Å². The summed E-state index contributed by atoms with van der Waals surface area (Å²) in [5.74, 6) is -1.05. The standard InChI is InChI=1S/C9H8N4O2S/c1-13-9(11-5-12-13)16-6-3-2-4-10-7(6)8(14)15/h2-5H,1H3,(H,14,15). The maximum absolute atomic E-state index is 10.9. The number of nitrogens with zero attached hydrogens (tertiary/aromatic N) is 4. The molecule has 0 bridgehead atoms. The summed E-state index contributed by atoms with van der Waals surface area (Å²) in [6.45, 7) is 0. The molecule has 82 valence electrons. The zero-order valence-corrected chi connectivity index (χ0v) is 9.18. The molecular weight excluding hydrogens is 228 g/mol. The number of carbonyl (C=O) groups is 1. The van der Waals surface area contributed by atoms with Gasteiger partial charge in [0.15, 0.2) is 10.9 Å². The number of carboxylic acid groups (broad SMARTS) is 1. The summed E-state index contributed by atoms with van der Waals surface area (Å²) < 4.78 is 1.57. The third-order valence-electron chi connectivity index (χ3n) is 1.84. The van der Waals surface area contributed by atoms with Gasteiger partial charge in [-0.25, -0.2) is 19.4 Å². The Morgan fingerprint density at radius 1 is 1.50 bits per heavy atom. The summed E-state index contributed by atoms with van der Waals surface area (Å²) >= 11 is 1.22. The van der Waals surface area contributed by atoms with Crippen LogP contribution in [0.25, 0.3) is 0 Å². The zero-order valence-electron chi connectivity index (χ0n) is 8.36. The molecule has 0 aliphatic rings. The highest BCUT2D eigenvalue weighted by molar-refractivity contribution is 7.99. The number of aryl methyl sites for hydroxylation is 1. The first-order valence-corrected chi connectivity index (χ1v) is 5.20. The Bertz CT molecular complexity index is 526. The molecular formula is C9H8N4O2S. The second-order valence-electron chi connectivity index (χ2n) is 2.92. The van der Waals surface area contributed by atoms with Gasteiger partial charge in [-0.3, -0.25) is 0 Å². The maximum Gasteiger partial charge on any atom is 0.355 e. The van der Waals surface area contributed by atoms with Crippen molar-refractivity contribution in [1.82, 2.24) is 19.7 Å². The number of carboxylic acids is 1. The first-order valence-electron chi connectivity index (χ1n) is 4.38. The monoisotopic (exact) mass is 236 g/mol. The van der Waals surface area contributed by atoms with Crippen LogP contribution in [-0.2, 0) is 7.05 Å². The number of hydrogen-bond donors (Lipinski definition) is 1. The minimum atomic E-state index is -1.05. The second kappa shape index (κ2) is 4.31. The Morgan fingerprint density at radius 2 is 2.31 bits per heavy atom. The smallest absolute Gasteiger partial charge is 0.355 e. The van der Waals surface area contributed by atoms with E-state index in [1.807, 2.05) is 0 Å². The van der Waals surface area contributed by atoms with Crippen molar-refractivity contribution in [3.05, 3.63) is 30.4 Å². The van der Waals surface area contributed by atoms with E-state index in [0.717, 1.165) is 0 Å². The molecule has 0 amide bonds. The zero-order chi connectivity index (χ0) is 11.5. The van der Waals surface area contributed by atoms with E-state index in [-0.39, 0.29) is 5.69 Å². The highest BCUT2D eigenvalue weighted by Crippen LogP contribution is 2.27. The normalized spacial score (nSPS) is 10.3. The van der Waals surface area contributed by atoms with Gasteiger partial charge in [0, 0.05) is 18.1 Å². The quantitative estimate of drug-likeness (QED) is 0.858. The Hall–Kier alpha value is -1.89. The molecule has 0 fully saturated rings. The minimum Gasteiger partial charge on any atom is -0.476 e. The van der Waals surface area contributed by atoms with E-state index in [0.29, 0.717) is 10.1 Å². The van der Waals surface area contributed by atoms with E-state index in [9.17, 15) is 4.79 Å². The van der Waals surface area contributed by atoms with Crippen LogP contribution >= 0.6 is 11.8 Å². The predicted molar refractivity (Wildman–Crippen MR) is 56.3 cm³/mol. The highest BCUT2D eigenvalue weighted by Gasteiger charge is 2.13. The first-order chi connectivity index (χ1) is 7.68. The number of rotatable bonds is 3.